The normalized spacial score (nSPS) is 10.6. The second kappa shape index (κ2) is 9.86. The average molecular weight is 432 g/mol. The molecule has 31 heavy (non-hydrogen) atoms. The number of carbonyl (C=O) groups excluding carboxylic acids is 2. The number of thioether (sulfide) groups is 1. The van der Waals surface area contributed by atoms with E-state index in [4.69, 9.17) is 4.42 Å². The Bertz CT molecular complexity index is 1170. The van der Waals surface area contributed by atoms with Crippen LogP contribution in [0.15, 0.2) is 94.4 Å². The zero-order valence-electron chi connectivity index (χ0n) is 16.6. The number of hydrogen-bond donors (Lipinski definition) is 3. The Morgan fingerprint density at radius 1 is 0.806 bits per heavy atom. The zero-order valence-corrected chi connectivity index (χ0v) is 17.4. The minimum absolute atomic E-state index is 0.0879. The average Bonchev–Trinajstić information content (AvgIpc) is 3.31. The summed E-state index contributed by atoms with van der Waals surface area (Å²) >= 11 is 1.49. The molecule has 3 aromatic carbocycles. The molecule has 7 heteroatoms. The molecule has 4 aromatic rings. The van der Waals surface area contributed by atoms with Crippen molar-refractivity contribution in [1.82, 2.24) is 5.32 Å². The second-order valence-corrected chi connectivity index (χ2v) is 7.86. The summed E-state index contributed by atoms with van der Waals surface area (Å²) in [7, 11) is 0. The predicted molar refractivity (Wildman–Crippen MR) is 124 cm³/mol. The van der Waals surface area contributed by atoms with Crippen LogP contribution in [0.4, 0.5) is 16.2 Å². The number of rotatable bonds is 7. The van der Waals surface area contributed by atoms with E-state index >= 15 is 0 Å². The lowest BCUT2D eigenvalue weighted by Gasteiger charge is -2.09. The number of amides is 3. The van der Waals surface area contributed by atoms with Gasteiger partial charge in [0.25, 0.3) is 0 Å². The lowest BCUT2D eigenvalue weighted by Crippen LogP contribution is -2.27. The van der Waals surface area contributed by atoms with Crippen molar-refractivity contribution in [3.8, 4) is 0 Å². The molecule has 0 unspecified atom stereocenters. The molecule has 6 nitrogen and oxygen atoms in total. The Hall–Kier alpha value is -3.71. The molecule has 0 saturated heterocycles. The van der Waals surface area contributed by atoms with Gasteiger partial charge in [0, 0.05) is 16.3 Å². The fraction of sp³-hybridized carbons (Fsp3) is 0.0833. The number of benzene rings is 3. The van der Waals surface area contributed by atoms with E-state index in [9.17, 15) is 9.59 Å². The highest BCUT2D eigenvalue weighted by Crippen LogP contribution is 2.24. The molecular formula is C24H21N3O3S. The minimum Gasteiger partial charge on any atom is -0.467 e. The van der Waals surface area contributed by atoms with E-state index < -0.39 is 0 Å². The van der Waals surface area contributed by atoms with Crippen LogP contribution in [0.3, 0.4) is 0 Å². The van der Waals surface area contributed by atoms with Crippen molar-refractivity contribution in [1.29, 1.82) is 0 Å². The lowest BCUT2D eigenvalue weighted by molar-refractivity contribution is -0.113. The van der Waals surface area contributed by atoms with Gasteiger partial charge >= 0.3 is 6.03 Å². The third-order valence-electron chi connectivity index (χ3n) is 4.52. The van der Waals surface area contributed by atoms with E-state index in [1.54, 1.807) is 42.7 Å². The number of hydrogen-bond acceptors (Lipinski definition) is 4. The highest BCUT2D eigenvalue weighted by atomic mass is 32.2. The van der Waals surface area contributed by atoms with Gasteiger partial charge in [-0.1, -0.05) is 30.3 Å². The van der Waals surface area contributed by atoms with Gasteiger partial charge in [-0.3, -0.25) is 4.79 Å². The first kappa shape index (κ1) is 20.6. The Labute approximate surface area is 184 Å². The smallest absolute Gasteiger partial charge is 0.319 e. The van der Waals surface area contributed by atoms with Crippen molar-refractivity contribution < 1.29 is 14.0 Å². The van der Waals surface area contributed by atoms with E-state index in [1.165, 1.54) is 17.1 Å². The largest absolute Gasteiger partial charge is 0.467 e. The number of fused-ring (bicyclic) bond motifs is 1. The van der Waals surface area contributed by atoms with Crippen LogP contribution in [0.2, 0.25) is 0 Å². The van der Waals surface area contributed by atoms with Crippen molar-refractivity contribution in [2.45, 2.75) is 11.4 Å². The molecule has 0 aliphatic carbocycles. The molecule has 1 heterocycles. The number of nitrogens with one attached hydrogen (secondary N) is 3. The second-order valence-electron chi connectivity index (χ2n) is 6.81. The Balaban J connectivity index is 1.24. The Morgan fingerprint density at radius 2 is 1.55 bits per heavy atom. The zero-order chi connectivity index (χ0) is 21.5. The van der Waals surface area contributed by atoms with E-state index in [2.05, 4.69) is 40.2 Å². The van der Waals surface area contributed by atoms with Crippen LogP contribution >= 0.6 is 11.8 Å². The minimum atomic E-state index is -0.333. The number of anilines is 2. The van der Waals surface area contributed by atoms with Crippen LogP contribution in [0.1, 0.15) is 5.76 Å². The molecule has 0 fully saturated rings. The maximum atomic E-state index is 12.3. The highest BCUT2D eigenvalue weighted by molar-refractivity contribution is 8.00. The van der Waals surface area contributed by atoms with Crippen molar-refractivity contribution >= 4 is 45.8 Å². The Kier molecular flexibility index (Phi) is 6.54. The van der Waals surface area contributed by atoms with Crippen LogP contribution in [0, 0.1) is 0 Å². The molecule has 0 spiro atoms. The number of carbonyl (C=O) groups is 2. The van der Waals surface area contributed by atoms with Crippen molar-refractivity contribution in [2.24, 2.45) is 0 Å². The molecule has 3 N–H and O–H groups in total. The van der Waals surface area contributed by atoms with E-state index in [-0.39, 0.29) is 11.9 Å². The van der Waals surface area contributed by atoms with Gasteiger partial charge in [-0.15, -0.1) is 11.8 Å². The van der Waals surface area contributed by atoms with Crippen LogP contribution in [-0.4, -0.2) is 17.7 Å². The van der Waals surface area contributed by atoms with Crippen LogP contribution in [-0.2, 0) is 11.3 Å². The van der Waals surface area contributed by atoms with Gasteiger partial charge in [0.1, 0.15) is 5.76 Å². The highest BCUT2D eigenvalue weighted by Gasteiger charge is 2.06. The molecule has 1 aromatic heterocycles. The number of urea groups is 1. The Morgan fingerprint density at radius 3 is 2.29 bits per heavy atom. The van der Waals surface area contributed by atoms with Gasteiger partial charge in [0.05, 0.1) is 18.6 Å². The molecular weight excluding hydrogens is 410 g/mol. The monoisotopic (exact) mass is 431 g/mol. The summed E-state index contributed by atoms with van der Waals surface area (Å²) in [5, 5.41) is 10.7. The van der Waals surface area contributed by atoms with Gasteiger partial charge in [-0.2, -0.15) is 0 Å². The van der Waals surface area contributed by atoms with Crippen molar-refractivity contribution in [2.75, 3.05) is 16.4 Å². The maximum absolute atomic E-state index is 12.3. The van der Waals surface area contributed by atoms with Gasteiger partial charge in [-0.25, -0.2) is 4.79 Å². The molecule has 3 amide bonds. The summed E-state index contributed by atoms with van der Waals surface area (Å²) in [4.78, 5) is 25.3. The van der Waals surface area contributed by atoms with Gasteiger partial charge in [-0.05, 0) is 59.3 Å². The molecule has 0 saturated carbocycles. The van der Waals surface area contributed by atoms with Crippen molar-refractivity contribution in [3.63, 3.8) is 0 Å². The molecule has 0 atom stereocenters. The molecule has 0 aliphatic rings. The third kappa shape index (κ3) is 5.90. The first-order chi connectivity index (χ1) is 15.2. The van der Waals surface area contributed by atoms with Crippen molar-refractivity contribution in [3.05, 3.63) is 90.9 Å². The molecule has 0 radical (unpaired) electrons. The molecule has 0 bridgehead atoms. The van der Waals surface area contributed by atoms with Gasteiger partial charge in [0.2, 0.25) is 5.91 Å². The van der Waals surface area contributed by atoms with Crippen LogP contribution in [0.25, 0.3) is 10.8 Å². The summed E-state index contributed by atoms with van der Waals surface area (Å²) in [5.41, 5.74) is 1.30. The van der Waals surface area contributed by atoms with Gasteiger partial charge < -0.3 is 20.4 Å². The van der Waals surface area contributed by atoms with Crippen LogP contribution < -0.4 is 16.0 Å². The van der Waals surface area contributed by atoms with E-state index in [0.717, 1.165) is 10.3 Å². The quantitative estimate of drug-likeness (QED) is 0.338. The summed E-state index contributed by atoms with van der Waals surface area (Å²) < 4.78 is 5.17. The predicted octanol–water partition coefficient (Wildman–Crippen LogP) is 5.49. The van der Waals surface area contributed by atoms with Gasteiger partial charge in [0.15, 0.2) is 0 Å². The first-order valence-electron chi connectivity index (χ1n) is 9.74. The maximum Gasteiger partial charge on any atom is 0.319 e. The topological polar surface area (TPSA) is 83.4 Å². The molecule has 4 rings (SSSR count). The fourth-order valence-electron chi connectivity index (χ4n) is 3.00. The SMILES string of the molecule is O=C(CSc1ccc2ccccc2c1)Nc1ccc(NC(=O)NCc2ccco2)cc1. The summed E-state index contributed by atoms with van der Waals surface area (Å²) in [6.07, 6.45) is 1.56. The summed E-state index contributed by atoms with van der Waals surface area (Å²) in [6.45, 7) is 0.307. The first-order valence-corrected chi connectivity index (χ1v) is 10.7. The van der Waals surface area contributed by atoms with Crippen LogP contribution in [0.5, 0.6) is 0 Å². The number of furan rings is 1. The fourth-order valence-corrected chi connectivity index (χ4v) is 3.74. The molecule has 0 aliphatic heterocycles. The van der Waals surface area contributed by atoms with E-state index in [1.807, 2.05) is 18.2 Å². The lowest BCUT2D eigenvalue weighted by atomic mass is 10.1. The third-order valence-corrected chi connectivity index (χ3v) is 5.51. The standard InChI is InChI=1S/C24H21N3O3S/c28-23(16-31-22-12-7-17-4-1-2-5-18(17)14-22)26-19-8-10-20(11-9-19)27-24(29)25-15-21-6-3-13-30-21/h1-14H,15-16H2,(H,26,28)(H2,25,27,29). The summed E-state index contributed by atoms with van der Waals surface area (Å²) in [6, 6.07) is 24.5. The summed E-state index contributed by atoms with van der Waals surface area (Å²) in [5.74, 6) is 0.901. The van der Waals surface area contributed by atoms with E-state index in [0.29, 0.717) is 29.4 Å². The molecule has 156 valence electrons.